The average molecular weight is 300 g/mol. The van der Waals surface area contributed by atoms with Crippen LogP contribution in [0.25, 0.3) is 0 Å². The first-order valence-corrected chi connectivity index (χ1v) is 7.38. The van der Waals surface area contributed by atoms with Crippen LogP contribution in [0.5, 0.6) is 0 Å². The maximum atomic E-state index is 12.0. The lowest BCUT2D eigenvalue weighted by atomic mass is 10.3. The second kappa shape index (κ2) is 6.15. The van der Waals surface area contributed by atoms with E-state index in [4.69, 9.17) is 5.73 Å². The first-order chi connectivity index (χ1) is 10.6. The second-order valence-corrected chi connectivity index (χ2v) is 5.55. The highest BCUT2D eigenvalue weighted by molar-refractivity contribution is 5.92. The molecule has 0 saturated carbocycles. The summed E-state index contributed by atoms with van der Waals surface area (Å²) >= 11 is 0. The Morgan fingerprint density at radius 1 is 1.55 bits per heavy atom. The van der Waals surface area contributed by atoms with Crippen molar-refractivity contribution in [3.63, 3.8) is 0 Å². The molecule has 1 atom stereocenters. The lowest BCUT2D eigenvalue weighted by Crippen LogP contribution is -2.27. The molecule has 7 nitrogen and oxygen atoms in total. The van der Waals surface area contributed by atoms with E-state index in [1.165, 1.54) is 6.20 Å². The molecule has 1 aliphatic heterocycles. The Labute approximate surface area is 128 Å². The number of aromatic nitrogens is 3. The summed E-state index contributed by atoms with van der Waals surface area (Å²) in [6.45, 7) is 3.95. The number of anilines is 1. The minimum absolute atomic E-state index is 0.184. The van der Waals surface area contributed by atoms with Gasteiger partial charge in [-0.15, -0.1) is 0 Å². The maximum absolute atomic E-state index is 12.0. The fourth-order valence-corrected chi connectivity index (χ4v) is 2.54. The Kier molecular flexibility index (Phi) is 4.06. The van der Waals surface area contributed by atoms with Gasteiger partial charge in [0.25, 0.3) is 5.91 Å². The van der Waals surface area contributed by atoms with Crippen molar-refractivity contribution in [3.05, 3.63) is 41.6 Å². The number of H-pyrrole nitrogens is 1. The Morgan fingerprint density at radius 3 is 3.09 bits per heavy atom. The third-order valence-corrected chi connectivity index (χ3v) is 3.72. The van der Waals surface area contributed by atoms with Gasteiger partial charge in [0.2, 0.25) is 0 Å². The minimum Gasteiger partial charge on any atom is -0.355 e. The van der Waals surface area contributed by atoms with Crippen LogP contribution in [-0.4, -0.2) is 40.0 Å². The van der Waals surface area contributed by atoms with Gasteiger partial charge in [-0.05, 0) is 25.5 Å². The zero-order chi connectivity index (χ0) is 15.5. The monoisotopic (exact) mass is 300 g/mol. The number of nitrogens with zero attached hydrogens (tertiary/aromatic N) is 3. The van der Waals surface area contributed by atoms with Gasteiger partial charge in [-0.2, -0.15) is 0 Å². The standard InChI is InChI=1S/C15H20N6O/c1-10-17-8-13(19-10)15(22)18-7-12-3-2-4-14(20-12)21-6-5-11(16)9-21/h2-4,8,11H,5-7,9,16H2,1H3,(H,17,19)(H,18,22). The van der Waals surface area contributed by atoms with Crippen LogP contribution in [0, 0.1) is 6.92 Å². The van der Waals surface area contributed by atoms with Crippen LogP contribution >= 0.6 is 0 Å². The van der Waals surface area contributed by atoms with Gasteiger partial charge in [-0.1, -0.05) is 6.07 Å². The van der Waals surface area contributed by atoms with E-state index >= 15 is 0 Å². The van der Waals surface area contributed by atoms with Crippen LogP contribution in [0.15, 0.2) is 24.4 Å². The number of hydrogen-bond acceptors (Lipinski definition) is 5. The predicted molar refractivity (Wildman–Crippen MR) is 83.5 cm³/mol. The van der Waals surface area contributed by atoms with Gasteiger partial charge in [0.05, 0.1) is 18.4 Å². The van der Waals surface area contributed by atoms with E-state index < -0.39 is 0 Å². The average Bonchev–Trinajstić information content (AvgIpc) is 3.14. The van der Waals surface area contributed by atoms with Crippen LogP contribution in [0.1, 0.15) is 28.4 Å². The Bertz CT molecular complexity index is 668. The van der Waals surface area contributed by atoms with Crippen molar-refractivity contribution in [2.24, 2.45) is 5.73 Å². The number of carbonyl (C=O) groups excluding carboxylic acids is 1. The van der Waals surface area contributed by atoms with Crippen molar-refractivity contribution >= 4 is 11.7 Å². The van der Waals surface area contributed by atoms with E-state index in [1.54, 1.807) is 0 Å². The molecule has 0 radical (unpaired) electrons. The summed E-state index contributed by atoms with van der Waals surface area (Å²) in [6, 6.07) is 6.04. The number of nitrogens with one attached hydrogen (secondary N) is 2. The largest absolute Gasteiger partial charge is 0.355 e. The highest BCUT2D eigenvalue weighted by Crippen LogP contribution is 2.17. The van der Waals surface area contributed by atoms with E-state index in [0.29, 0.717) is 12.2 Å². The summed E-state index contributed by atoms with van der Waals surface area (Å²) in [5.41, 5.74) is 7.21. The molecule has 1 unspecified atom stereocenters. The number of aryl methyl sites for hydroxylation is 1. The second-order valence-electron chi connectivity index (χ2n) is 5.55. The molecule has 0 aromatic carbocycles. The van der Waals surface area contributed by atoms with Crippen LogP contribution in [-0.2, 0) is 6.54 Å². The van der Waals surface area contributed by atoms with Crippen molar-refractivity contribution < 1.29 is 4.79 Å². The van der Waals surface area contributed by atoms with Gasteiger partial charge in [-0.3, -0.25) is 4.79 Å². The number of pyridine rings is 1. The zero-order valence-electron chi connectivity index (χ0n) is 12.5. The summed E-state index contributed by atoms with van der Waals surface area (Å²) in [7, 11) is 0. The minimum atomic E-state index is -0.184. The van der Waals surface area contributed by atoms with E-state index in [-0.39, 0.29) is 11.9 Å². The first kappa shape index (κ1) is 14.5. The zero-order valence-corrected chi connectivity index (χ0v) is 12.5. The highest BCUT2D eigenvalue weighted by Gasteiger charge is 2.20. The van der Waals surface area contributed by atoms with Gasteiger partial charge in [-0.25, -0.2) is 9.97 Å². The lowest BCUT2D eigenvalue weighted by molar-refractivity contribution is 0.0946. The molecule has 0 aliphatic carbocycles. The SMILES string of the molecule is Cc1ncc(C(=O)NCc2cccc(N3CCC(N)C3)n2)[nH]1. The van der Waals surface area contributed by atoms with Gasteiger partial charge < -0.3 is 20.9 Å². The predicted octanol–water partition coefficient (Wildman–Crippen LogP) is 0.581. The molecule has 3 rings (SSSR count). The van der Waals surface area contributed by atoms with Crippen LogP contribution in [0.4, 0.5) is 5.82 Å². The quantitative estimate of drug-likeness (QED) is 0.767. The molecule has 1 saturated heterocycles. The van der Waals surface area contributed by atoms with Gasteiger partial charge in [0, 0.05) is 19.1 Å². The van der Waals surface area contributed by atoms with Crippen molar-refractivity contribution in [2.75, 3.05) is 18.0 Å². The van der Waals surface area contributed by atoms with Gasteiger partial charge >= 0.3 is 0 Å². The molecule has 3 heterocycles. The van der Waals surface area contributed by atoms with Crippen molar-refractivity contribution in [1.82, 2.24) is 20.3 Å². The molecule has 22 heavy (non-hydrogen) atoms. The molecular weight excluding hydrogens is 280 g/mol. The number of aromatic amines is 1. The Morgan fingerprint density at radius 2 is 2.41 bits per heavy atom. The molecule has 1 fully saturated rings. The molecule has 0 spiro atoms. The highest BCUT2D eigenvalue weighted by atomic mass is 16.1. The molecule has 4 N–H and O–H groups in total. The Balaban J connectivity index is 1.62. The number of imidazole rings is 1. The molecule has 7 heteroatoms. The summed E-state index contributed by atoms with van der Waals surface area (Å²) < 4.78 is 0. The van der Waals surface area contributed by atoms with Crippen molar-refractivity contribution in [3.8, 4) is 0 Å². The summed E-state index contributed by atoms with van der Waals surface area (Å²) in [5.74, 6) is 1.45. The molecule has 2 aromatic heterocycles. The summed E-state index contributed by atoms with van der Waals surface area (Å²) in [5, 5.41) is 2.84. The topological polar surface area (TPSA) is 99.9 Å². The molecule has 0 bridgehead atoms. The molecule has 1 aliphatic rings. The molecular formula is C15H20N6O. The third-order valence-electron chi connectivity index (χ3n) is 3.72. The van der Waals surface area contributed by atoms with E-state index in [0.717, 1.165) is 36.8 Å². The molecule has 1 amide bonds. The van der Waals surface area contributed by atoms with Crippen LogP contribution in [0.3, 0.4) is 0 Å². The number of rotatable bonds is 4. The van der Waals surface area contributed by atoms with Gasteiger partial charge in [0.15, 0.2) is 0 Å². The lowest BCUT2D eigenvalue weighted by Gasteiger charge is -2.17. The fourth-order valence-electron chi connectivity index (χ4n) is 2.54. The molecule has 116 valence electrons. The summed E-state index contributed by atoms with van der Waals surface area (Å²) in [6.07, 6.45) is 2.52. The maximum Gasteiger partial charge on any atom is 0.269 e. The first-order valence-electron chi connectivity index (χ1n) is 7.38. The fraction of sp³-hybridized carbons (Fsp3) is 0.400. The Hall–Kier alpha value is -2.41. The van der Waals surface area contributed by atoms with Crippen molar-refractivity contribution in [1.29, 1.82) is 0 Å². The number of nitrogens with two attached hydrogens (primary N) is 1. The smallest absolute Gasteiger partial charge is 0.269 e. The van der Waals surface area contributed by atoms with E-state index in [1.807, 2.05) is 25.1 Å². The van der Waals surface area contributed by atoms with Gasteiger partial charge in [0.1, 0.15) is 17.3 Å². The third kappa shape index (κ3) is 3.25. The van der Waals surface area contributed by atoms with Crippen LogP contribution < -0.4 is 16.0 Å². The summed E-state index contributed by atoms with van der Waals surface area (Å²) in [4.78, 5) is 25.7. The number of amides is 1. The van der Waals surface area contributed by atoms with Crippen LogP contribution in [0.2, 0.25) is 0 Å². The van der Waals surface area contributed by atoms with E-state index in [2.05, 4.69) is 25.2 Å². The molecule has 2 aromatic rings. The number of hydrogen-bond donors (Lipinski definition) is 3. The van der Waals surface area contributed by atoms with E-state index in [9.17, 15) is 4.79 Å². The number of carbonyl (C=O) groups is 1. The normalized spacial score (nSPS) is 17.7. The van der Waals surface area contributed by atoms with Crippen molar-refractivity contribution in [2.45, 2.75) is 25.9 Å².